The number of hydrogen-bond acceptors (Lipinski definition) is 5. The molecule has 1 heterocycles. The van der Waals surface area contributed by atoms with Gasteiger partial charge in [0.2, 0.25) is 0 Å². The number of aryl methyl sites for hydroxylation is 1. The molecule has 0 atom stereocenters. The summed E-state index contributed by atoms with van der Waals surface area (Å²) in [4.78, 5) is 23.4. The second-order valence-corrected chi connectivity index (χ2v) is 7.32. The Balaban J connectivity index is 0.00000176. The first kappa shape index (κ1) is 25.5. The van der Waals surface area contributed by atoms with E-state index in [4.69, 9.17) is 9.50 Å². The van der Waals surface area contributed by atoms with Gasteiger partial charge in [-0.15, -0.1) is 0 Å². The van der Waals surface area contributed by atoms with E-state index < -0.39 is 0 Å². The third-order valence-electron chi connectivity index (χ3n) is 4.87. The van der Waals surface area contributed by atoms with Gasteiger partial charge in [-0.05, 0) is 62.2 Å². The standard InChI is InChI=1S/C25H29N3O2.ClHO/c1-3-30-27-25(29)24-15-14-23(18-26-24)22-13-7-11-21(17-22)19-28(2)16-8-12-20-9-5-4-6-10-20;1-2/h4-7,9-11,13-15,17-18H,3,8,12,16,19H2,1-2H3,(H,27,29);2H. The Kier molecular flexibility index (Phi) is 11.4. The fourth-order valence-electron chi connectivity index (χ4n) is 3.33. The first-order valence-electron chi connectivity index (χ1n) is 10.5. The highest BCUT2D eigenvalue weighted by molar-refractivity contribution is 6.04. The van der Waals surface area contributed by atoms with Crippen LogP contribution in [0.25, 0.3) is 11.1 Å². The fraction of sp³-hybridized carbons (Fsp3) is 0.280. The lowest BCUT2D eigenvalue weighted by molar-refractivity contribution is 0.0360. The van der Waals surface area contributed by atoms with Gasteiger partial charge in [0.05, 0.1) is 18.5 Å². The van der Waals surface area contributed by atoms with Gasteiger partial charge < -0.3 is 4.90 Å². The highest BCUT2D eigenvalue weighted by Gasteiger charge is 2.08. The summed E-state index contributed by atoms with van der Waals surface area (Å²) in [6, 6.07) is 22.7. The predicted octanol–water partition coefficient (Wildman–Crippen LogP) is 4.63. The van der Waals surface area contributed by atoms with Crippen LogP contribution in [0.15, 0.2) is 72.9 Å². The Bertz CT molecular complexity index is 937. The molecule has 0 fully saturated rings. The van der Waals surface area contributed by atoms with Crippen molar-refractivity contribution in [3.05, 3.63) is 89.7 Å². The molecular formula is C25H30ClN3O3. The van der Waals surface area contributed by atoms with Crippen molar-refractivity contribution >= 4 is 17.8 Å². The van der Waals surface area contributed by atoms with Crippen LogP contribution in [0.4, 0.5) is 0 Å². The molecule has 3 aromatic rings. The van der Waals surface area contributed by atoms with E-state index in [0.717, 1.165) is 37.1 Å². The molecule has 170 valence electrons. The topological polar surface area (TPSA) is 74.7 Å². The Morgan fingerprint density at radius 3 is 2.47 bits per heavy atom. The van der Waals surface area contributed by atoms with Gasteiger partial charge >= 0.3 is 0 Å². The zero-order valence-electron chi connectivity index (χ0n) is 18.5. The maximum atomic E-state index is 11.9. The molecule has 6 nitrogen and oxygen atoms in total. The fourth-order valence-corrected chi connectivity index (χ4v) is 3.33. The van der Waals surface area contributed by atoms with Crippen LogP contribution >= 0.6 is 11.9 Å². The Morgan fingerprint density at radius 1 is 1.03 bits per heavy atom. The summed E-state index contributed by atoms with van der Waals surface area (Å²) in [5.41, 5.74) is 7.41. The van der Waals surface area contributed by atoms with Crippen molar-refractivity contribution in [2.75, 3.05) is 20.2 Å². The van der Waals surface area contributed by atoms with E-state index in [2.05, 4.69) is 88.9 Å². The Hall–Kier alpha value is -2.77. The number of benzene rings is 2. The monoisotopic (exact) mass is 455 g/mol. The average molecular weight is 456 g/mol. The maximum Gasteiger partial charge on any atom is 0.293 e. The second kappa shape index (κ2) is 14.3. The molecule has 0 aliphatic rings. The first-order valence-corrected chi connectivity index (χ1v) is 10.9. The van der Waals surface area contributed by atoms with Crippen molar-refractivity contribution in [1.82, 2.24) is 15.4 Å². The molecule has 0 bridgehead atoms. The summed E-state index contributed by atoms with van der Waals surface area (Å²) in [6.07, 6.45) is 3.96. The molecule has 1 amide bonds. The van der Waals surface area contributed by atoms with E-state index in [1.165, 1.54) is 11.1 Å². The van der Waals surface area contributed by atoms with Crippen LogP contribution < -0.4 is 5.48 Å². The first-order chi connectivity index (χ1) is 15.7. The molecule has 32 heavy (non-hydrogen) atoms. The molecule has 2 N–H and O–H groups in total. The Morgan fingerprint density at radius 2 is 1.78 bits per heavy atom. The number of hydrogen-bond donors (Lipinski definition) is 2. The number of nitrogens with zero attached hydrogens (tertiary/aromatic N) is 2. The number of hydroxylamine groups is 1. The molecule has 1 aromatic heterocycles. The smallest absolute Gasteiger partial charge is 0.293 e. The molecule has 2 aromatic carbocycles. The predicted molar refractivity (Wildman–Crippen MR) is 128 cm³/mol. The number of rotatable bonds is 10. The van der Waals surface area contributed by atoms with E-state index in [0.29, 0.717) is 12.3 Å². The summed E-state index contributed by atoms with van der Waals surface area (Å²) in [7, 11) is 2.16. The van der Waals surface area contributed by atoms with Gasteiger partial charge in [0.1, 0.15) is 5.69 Å². The van der Waals surface area contributed by atoms with Crippen LogP contribution in [0.2, 0.25) is 0 Å². The van der Waals surface area contributed by atoms with Crippen molar-refractivity contribution in [3.63, 3.8) is 0 Å². The van der Waals surface area contributed by atoms with Crippen molar-refractivity contribution in [3.8, 4) is 11.1 Å². The summed E-state index contributed by atoms with van der Waals surface area (Å²) in [6.45, 7) is 4.16. The lowest BCUT2D eigenvalue weighted by atomic mass is 10.0. The van der Waals surface area contributed by atoms with Crippen molar-refractivity contribution < 1.29 is 14.3 Å². The van der Waals surface area contributed by atoms with Crippen molar-refractivity contribution in [2.24, 2.45) is 0 Å². The number of amides is 1. The lowest BCUT2D eigenvalue weighted by Gasteiger charge is -2.17. The van der Waals surface area contributed by atoms with Gasteiger partial charge in [0.25, 0.3) is 5.91 Å². The number of aromatic nitrogens is 1. The normalized spacial score (nSPS) is 10.4. The van der Waals surface area contributed by atoms with Gasteiger partial charge in [-0.1, -0.05) is 54.6 Å². The van der Waals surface area contributed by atoms with Crippen molar-refractivity contribution in [2.45, 2.75) is 26.3 Å². The van der Waals surface area contributed by atoms with Crippen LogP contribution in [0.5, 0.6) is 0 Å². The zero-order valence-corrected chi connectivity index (χ0v) is 19.3. The van der Waals surface area contributed by atoms with E-state index in [1.54, 1.807) is 12.3 Å². The van der Waals surface area contributed by atoms with Crippen LogP contribution in [-0.2, 0) is 17.8 Å². The molecule has 0 aliphatic heterocycles. The lowest BCUT2D eigenvalue weighted by Crippen LogP contribution is -2.24. The summed E-state index contributed by atoms with van der Waals surface area (Å²) in [5.74, 6) is -0.339. The molecule has 0 saturated carbocycles. The quantitative estimate of drug-likeness (QED) is 0.436. The SMILES string of the molecule is CCONC(=O)c1ccc(-c2cccc(CN(C)CCCc3ccccc3)c2)cn1.OCl. The molecule has 0 radical (unpaired) electrons. The zero-order chi connectivity index (χ0) is 23.2. The molecule has 0 saturated heterocycles. The number of carbonyl (C=O) groups excluding carboxylic acids is 1. The van der Waals surface area contributed by atoms with Gasteiger partial charge in [-0.2, -0.15) is 0 Å². The Labute approximate surface area is 194 Å². The number of carbonyl (C=O) groups is 1. The van der Waals surface area contributed by atoms with Gasteiger partial charge in [0.15, 0.2) is 0 Å². The van der Waals surface area contributed by atoms with Crippen LogP contribution in [-0.4, -0.2) is 40.6 Å². The number of pyridine rings is 1. The van der Waals surface area contributed by atoms with E-state index in [-0.39, 0.29) is 5.91 Å². The maximum absolute atomic E-state index is 11.9. The minimum Gasteiger partial charge on any atom is -0.302 e. The molecule has 0 unspecified atom stereocenters. The average Bonchev–Trinajstić information content (AvgIpc) is 2.84. The van der Waals surface area contributed by atoms with Crippen molar-refractivity contribution in [1.29, 1.82) is 0 Å². The van der Waals surface area contributed by atoms with Crippen LogP contribution in [0.3, 0.4) is 0 Å². The van der Waals surface area contributed by atoms with Crippen LogP contribution in [0.1, 0.15) is 35.0 Å². The number of nitrogens with one attached hydrogen (secondary N) is 1. The molecular weight excluding hydrogens is 426 g/mol. The molecule has 0 spiro atoms. The van der Waals surface area contributed by atoms with E-state index >= 15 is 0 Å². The minimum atomic E-state index is -0.339. The molecule has 3 rings (SSSR count). The van der Waals surface area contributed by atoms with Gasteiger partial charge in [0, 0.05) is 18.3 Å². The number of halogens is 1. The molecule has 7 heteroatoms. The highest BCUT2D eigenvalue weighted by Crippen LogP contribution is 2.20. The van der Waals surface area contributed by atoms with Crippen LogP contribution in [0, 0.1) is 0 Å². The third-order valence-corrected chi connectivity index (χ3v) is 4.87. The van der Waals surface area contributed by atoms with Gasteiger partial charge in [-0.25, -0.2) is 5.48 Å². The minimum absolute atomic E-state index is 0.335. The third kappa shape index (κ3) is 8.40. The largest absolute Gasteiger partial charge is 0.302 e. The van der Waals surface area contributed by atoms with Gasteiger partial charge in [-0.3, -0.25) is 19.3 Å². The van der Waals surface area contributed by atoms with E-state index in [1.807, 2.05) is 13.0 Å². The summed E-state index contributed by atoms with van der Waals surface area (Å²) in [5, 5.41) is 0. The highest BCUT2D eigenvalue weighted by atomic mass is 35.5. The molecule has 0 aliphatic carbocycles. The summed E-state index contributed by atoms with van der Waals surface area (Å²) >= 11 is 3.64. The summed E-state index contributed by atoms with van der Waals surface area (Å²) < 4.78 is 6.47. The van der Waals surface area contributed by atoms with E-state index in [9.17, 15) is 4.79 Å². The second-order valence-electron chi connectivity index (χ2n) is 7.32.